The van der Waals surface area contributed by atoms with Gasteiger partial charge in [-0.2, -0.15) is 0 Å². The first-order valence-corrected chi connectivity index (χ1v) is 6.92. The highest BCUT2D eigenvalue weighted by Gasteiger charge is 2.20. The predicted octanol–water partition coefficient (Wildman–Crippen LogP) is 3.80. The van der Waals surface area contributed by atoms with Gasteiger partial charge in [0.25, 0.3) is 5.91 Å². The van der Waals surface area contributed by atoms with E-state index in [0.717, 1.165) is 44.2 Å². The van der Waals surface area contributed by atoms with Gasteiger partial charge in [0.05, 0.1) is 0 Å². The van der Waals surface area contributed by atoms with Gasteiger partial charge in [0.2, 0.25) is 0 Å². The maximum atomic E-state index is 13.1. The standard InChI is InChI=1S/C15H18F3NO/c1-9-3-2-4-11(6-5-9)19-15(20)10-7-12(16)14(18)13(17)8-10/h7-9,11H,2-6H2,1H3,(H,19,20). The second kappa shape index (κ2) is 6.29. The molecule has 1 aromatic rings. The molecule has 2 nitrogen and oxygen atoms in total. The average Bonchev–Trinajstić information content (AvgIpc) is 2.60. The third kappa shape index (κ3) is 3.52. The van der Waals surface area contributed by atoms with Gasteiger partial charge in [-0.25, -0.2) is 13.2 Å². The summed E-state index contributed by atoms with van der Waals surface area (Å²) in [6.45, 7) is 2.18. The number of nitrogens with one attached hydrogen (secondary N) is 1. The molecule has 1 fully saturated rings. The van der Waals surface area contributed by atoms with Gasteiger partial charge in [0, 0.05) is 11.6 Å². The second-order valence-corrected chi connectivity index (χ2v) is 5.54. The summed E-state index contributed by atoms with van der Waals surface area (Å²) in [4.78, 5) is 12.0. The summed E-state index contributed by atoms with van der Waals surface area (Å²) < 4.78 is 39.0. The van der Waals surface area contributed by atoms with Crippen LogP contribution in [0.3, 0.4) is 0 Å². The highest BCUT2D eigenvalue weighted by molar-refractivity contribution is 5.94. The van der Waals surface area contributed by atoms with Crippen LogP contribution in [0.15, 0.2) is 12.1 Å². The van der Waals surface area contributed by atoms with Gasteiger partial charge in [0.15, 0.2) is 17.5 Å². The summed E-state index contributed by atoms with van der Waals surface area (Å²) >= 11 is 0. The Morgan fingerprint density at radius 1 is 1.10 bits per heavy atom. The molecule has 2 rings (SSSR count). The number of carbonyl (C=O) groups excluding carboxylic acids is 1. The van der Waals surface area contributed by atoms with Gasteiger partial charge in [-0.1, -0.05) is 19.8 Å². The maximum absolute atomic E-state index is 13.1. The normalized spacial score (nSPS) is 23.2. The molecule has 1 N–H and O–H groups in total. The van der Waals surface area contributed by atoms with Crippen molar-refractivity contribution in [3.63, 3.8) is 0 Å². The third-order valence-corrected chi connectivity index (χ3v) is 3.84. The van der Waals surface area contributed by atoms with Crippen LogP contribution in [0.1, 0.15) is 49.4 Å². The molecule has 2 unspecified atom stereocenters. The quantitative estimate of drug-likeness (QED) is 0.650. The molecule has 20 heavy (non-hydrogen) atoms. The number of hydrogen-bond acceptors (Lipinski definition) is 1. The maximum Gasteiger partial charge on any atom is 0.251 e. The van der Waals surface area contributed by atoms with Crippen molar-refractivity contribution < 1.29 is 18.0 Å². The van der Waals surface area contributed by atoms with Crippen molar-refractivity contribution >= 4 is 5.91 Å². The number of hydrogen-bond donors (Lipinski definition) is 1. The van der Waals surface area contributed by atoms with Crippen LogP contribution in [0.25, 0.3) is 0 Å². The summed E-state index contributed by atoms with van der Waals surface area (Å²) in [7, 11) is 0. The van der Waals surface area contributed by atoms with Gasteiger partial charge >= 0.3 is 0 Å². The molecular formula is C15H18F3NO. The Labute approximate surface area is 116 Å². The third-order valence-electron chi connectivity index (χ3n) is 3.84. The van der Waals surface area contributed by atoms with Crippen molar-refractivity contribution in [2.75, 3.05) is 0 Å². The Hall–Kier alpha value is -1.52. The van der Waals surface area contributed by atoms with Gasteiger partial charge in [-0.05, 0) is 37.3 Å². The summed E-state index contributed by atoms with van der Waals surface area (Å²) in [6, 6.07) is 1.48. The Kier molecular flexibility index (Phi) is 4.68. The van der Waals surface area contributed by atoms with E-state index in [1.165, 1.54) is 0 Å². The van der Waals surface area contributed by atoms with Crippen LogP contribution in [-0.4, -0.2) is 11.9 Å². The van der Waals surface area contributed by atoms with Crippen LogP contribution in [0.4, 0.5) is 13.2 Å². The molecule has 0 radical (unpaired) electrons. The Balaban J connectivity index is 2.04. The largest absolute Gasteiger partial charge is 0.349 e. The van der Waals surface area contributed by atoms with E-state index in [2.05, 4.69) is 12.2 Å². The molecular weight excluding hydrogens is 267 g/mol. The lowest BCUT2D eigenvalue weighted by Gasteiger charge is -2.16. The highest BCUT2D eigenvalue weighted by atomic mass is 19.2. The van der Waals surface area contributed by atoms with Crippen LogP contribution in [0, 0.1) is 23.4 Å². The van der Waals surface area contributed by atoms with Crippen LogP contribution in [-0.2, 0) is 0 Å². The lowest BCUT2D eigenvalue weighted by Crippen LogP contribution is -2.34. The zero-order valence-corrected chi connectivity index (χ0v) is 11.4. The van der Waals surface area contributed by atoms with Gasteiger partial charge in [-0.3, -0.25) is 4.79 Å². The van der Waals surface area contributed by atoms with Crippen LogP contribution in [0.5, 0.6) is 0 Å². The monoisotopic (exact) mass is 285 g/mol. The van der Waals surface area contributed by atoms with E-state index < -0.39 is 23.4 Å². The summed E-state index contributed by atoms with van der Waals surface area (Å²) in [5, 5.41) is 2.77. The van der Waals surface area contributed by atoms with Crippen LogP contribution >= 0.6 is 0 Å². The first-order chi connectivity index (χ1) is 9.47. The van der Waals surface area contributed by atoms with E-state index in [4.69, 9.17) is 0 Å². The molecule has 1 amide bonds. The topological polar surface area (TPSA) is 29.1 Å². The van der Waals surface area contributed by atoms with E-state index >= 15 is 0 Å². The number of halogens is 3. The Morgan fingerprint density at radius 3 is 2.40 bits per heavy atom. The highest BCUT2D eigenvalue weighted by Crippen LogP contribution is 2.23. The fourth-order valence-corrected chi connectivity index (χ4v) is 2.59. The first kappa shape index (κ1) is 14.9. The smallest absolute Gasteiger partial charge is 0.251 e. The predicted molar refractivity (Wildman–Crippen MR) is 69.8 cm³/mol. The van der Waals surface area contributed by atoms with Crippen molar-refractivity contribution in [3.05, 3.63) is 35.1 Å². The van der Waals surface area contributed by atoms with E-state index in [-0.39, 0.29) is 11.6 Å². The van der Waals surface area contributed by atoms with Crippen molar-refractivity contribution in [1.82, 2.24) is 5.32 Å². The van der Waals surface area contributed by atoms with Crippen molar-refractivity contribution in [1.29, 1.82) is 0 Å². The minimum atomic E-state index is -1.55. The molecule has 110 valence electrons. The van der Waals surface area contributed by atoms with E-state index in [9.17, 15) is 18.0 Å². The summed E-state index contributed by atoms with van der Waals surface area (Å²) in [5.74, 6) is -4.15. The SMILES string of the molecule is CC1CCCC(NC(=O)c2cc(F)c(F)c(F)c2)CC1. The van der Waals surface area contributed by atoms with Crippen molar-refractivity contribution in [2.24, 2.45) is 5.92 Å². The lowest BCUT2D eigenvalue weighted by molar-refractivity contribution is 0.0932. The van der Waals surface area contributed by atoms with Crippen molar-refractivity contribution in [2.45, 2.75) is 45.1 Å². The molecule has 0 saturated heterocycles. The first-order valence-electron chi connectivity index (χ1n) is 6.92. The molecule has 0 spiro atoms. The number of carbonyl (C=O) groups is 1. The van der Waals surface area contributed by atoms with E-state index in [1.54, 1.807) is 0 Å². The molecule has 0 aromatic heterocycles. The average molecular weight is 285 g/mol. The van der Waals surface area contributed by atoms with Gasteiger partial charge in [0.1, 0.15) is 0 Å². The lowest BCUT2D eigenvalue weighted by atomic mass is 10.0. The van der Waals surface area contributed by atoms with E-state index in [0.29, 0.717) is 5.92 Å². The molecule has 1 aromatic carbocycles. The number of rotatable bonds is 2. The molecule has 0 aliphatic heterocycles. The molecule has 1 aliphatic rings. The minimum absolute atomic E-state index is 0.0172. The molecule has 1 saturated carbocycles. The van der Waals surface area contributed by atoms with Gasteiger partial charge in [-0.15, -0.1) is 0 Å². The molecule has 0 bridgehead atoms. The summed E-state index contributed by atoms with van der Waals surface area (Å²) in [5.41, 5.74) is -0.182. The summed E-state index contributed by atoms with van der Waals surface area (Å²) in [6.07, 6.45) is 4.91. The zero-order valence-electron chi connectivity index (χ0n) is 11.4. The minimum Gasteiger partial charge on any atom is -0.349 e. The molecule has 0 heterocycles. The fraction of sp³-hybridized carbons (Fsp3) is 0.533. The number of amides is 1. The van der Waals surface area contributed by atoms with E-state index in [1.807, 2.05) is 0 Å². The van der Waals surface area contributed by atoms with Crippen molar-refractivity contribution in [3.8, 4) is 0 Å². The fourth-order valence-electron chi connectivity index (χ4n) is 2.59. The van der Waals surface area contributed by atoms with Crippen LogP contribution in [0.2, 0.25) is 0 Å². The Bertz CT molecular complexity index is 481. The van der Waals surface area contributed by atoms with Crippen LogP contribution < -0.4 is 5.32 Å². The van der Waals surface area contributed by atoms with Gasteiger partial charge < -0.3 is 5.32 Å². The zero-order chi connectivity index (χ0) is 14.7. The Morgan fingerprint density at radius 2 is 1.75 bits per heavy atom. The molecule has 5 heteroatoms. The second-order valence-electron chi connectivity index (χ2n) is 5.54. The molecule has 2 atom stereocenters. The molecule has 1 aliphatic carbocycles. The number of benzene rings is 1.